The van der Waals surface area contributed by atoms with E-state index in [1.54, 1.807) is 4.90 Å². The van der Waals surface area contributed by atoms with Crippen LogP contribution in [-0.4, -0.2) is 43.0 Å². The molecule has 0 bridgehead atoms. The van der Waals surface area contributed by atoms with Crippen molar-refractivity contribution >= 4 is 17.5 Å². The summed E-state index contributed by atoms with van der Waals surface area (Å²) in [6, 6.07) is 5.90. The van der Waals surface area contributed by atoms with E-state index in [9.17, 15) is 9.59 Å². The molecule has 5 heteroatoms. The first kappa shape index (κ1) is 15.5. The topological polar surface area (TPSA) is 58.6 Å². The molecule has 1 aromatic carbocycles. The summed E-state index contributed by atoms with van der Waals surface area (Å²) in [5.74, 6) is -0.101. The van der Waals surface area contributed by atoms with E-state index in [2.05, 4.69) is 11.4 Å². The molecule has 1 fully saturated rings. The number of carbonyl (C=O) groups is 2. The minimum atomic E-state index is -0.124. The molecular formula is C16H22N2O3. The first-order valence-corrected chi connectivity index (χ1v) is 7.28. The summed E-state index contributed by atoms with van der Waals surface area (Å²) < 4.78 is 5.20. The van der Waals surface area contributed by atoms with Crippen molar-refractivity contribution in [2.24, 2.45) is 0 Å². The fourth-order valence-corrected chi connectivity index (χ4v) is 2.46. The van der Waals surface area contributed by atoms with Crippen molar-refractivity contribution < 1.29 is 14.3 Å². The molecular weight excluding hydrogens is 268 g/mol. The second-order valence-electron chi connectivity index (χ2n) is 5.42. The third kappa shape index (κ3) is 4.86. The Morgan fingerprint density at radius 1 is 1.10 bits per heavy atom. The van der Waals surface area contributed by atoms with Crippen molar-refractivity contribution in [3.63, 3.8) is 0 Å². The largest absolute Gasteiger partial charge is 0.378 e. The SMILES string of the molecule is Cc1cc(C)cc(NC(=O)CCC(=O)N2CCOCC2)c1. The minimum absolute atomic E-state index is 0.0221. The minimum Gasteiger partial charge on any atom is -0.378 e. The van der Waals surface area contributed by atoms with Crippen molar-refractivity contribution in [2.45, 2.75) is 26.7 Å². The molecule has 0 aliphatic carbocycles. The second kappa shape index (κ2) is 7.22. The number of benzene rings is 1. The number of amides is 2. The molecule has 0 spiro atoms. The highest BCUT2D eigenvalue weighted by Gasteiger charge is 2.17. The molecule has 5 nitrogen and oxygen atoms in total. The highest BCUT2D eigenvalue weighted by Crippen LogP contribution is 2.14. The van der Waals surface area contributed by atoms with Gasteiger partial charge in [-0.25, -0.2) is 0 Å². The lowest BCUT2D eigenvalue weighted by atomic mass is 10.1. The maximum Gasteiger partial charge on any atom is 0.224 e. The van der Waals surface area contributed by atoms with Gasteiger partial charge in [-0.3, -0.25) is 9.59 Å². The zero-order valence-electron chi connectivity index (χ0n) is 12.6. The number of rotatable bonds is 4. The van der Waals surface area contributed by atoms with Crippen LogP contribution in [0, 0.1) is 13.8 Å². The van der Waals surface area contributed by atoms with Crippen LogP contribution in [0.15, 0.2) is 18.2 Å². The summed E-state index contributed by atoms with van der Waals surface area (Å²) in [5.41, 5.74) is 3.00. The number of nitrogens with zero attached hydrogens (tertiary/aromatic N) is 1. The highest BCUT2D eigenvalue weighted by atomic mass is 16.5. The lowest BCUT2D eigenvalue weighted by molar-refractivity contribution is -0.136. The Morgan fingerprint density at radius 2 is 1.71 bits per heavy atom. The van der Waals surface area contributed by atoms with Crippen molar-refractivity contribution in [3.05, 3.63) is 29.3 Å². The standard InChI is InChI=1S/C16H22N2O3/c1-12-9-13(2)11-14(10-12)17-15(19)3-4-16(20)18-5-7-21-8-6-18/h9-11H,3-8H2,1-2H3,(H,17,19). The van der Waals surface area contributed by atoms with Gasteiger partial charge in [-0.2, -0.15) is 0 Å². The smallest absolute Gasteiger partial charge is 0.224 e. The maximum absolute atomic E-state index is 12.0. The molecule has 2 rings (SSSR count). The van der Waals surface area contributed by atoms with E-state index in [0.717, 1.165) is 16.8 Å². The zero-order valence-corrected chi connectivity index (χ0v) is 12.6. The lowest BCUT2D eigenvalue weighted by Crippen LogP contribution is -2.40. The van der Waals surface area contributed by atoms with Crippen LogP contribution in [0.4, 0.5) is 5.69 Å². The van der Waals surface area contributed by atoms with Crippen LogP contribution in [-0.2, 0) is 14.3 Å². The summed E-state index contributed by atoms with van der Waals surface area (Å²) in [6.45, 7) is 6.39. The van der Waals surface area contributed by atoms with Crippen LogP contribution < -0.4 is 5.32 Å². The first-order valence-electron chi connectivity index (χ1n) is 7.28. The molecule has 1 heterocycles. The number of nitrogens with one attached hydrogen (secondary N) is 1. The van der Waals surface area contributed by atoms with Crippen molar-refractivity contribution in [2.75, 3.05) is 31.6 Å². The number of hydrogen-bond acceptors (Lipinski definition) is 3. The summed E-state index contributed by atoms with van der Waals surface area (Å²) in [4.78, 5) is 25.6. The Balaban J connectivity index is 1.80. The van der Waals surface area contributed by atoms with Crippen molar-refractivity contribution in [1.82, 2.24) is 4.90 Å². The van der Waals surface area contributed by atoms with Gasteiger partial charge in [0.2, 0.25) is 11.8 Å². The normalized spacial score (nSPS) is 14.9. The molecule has 1 aromatic rings. The molecule has 1 N–H and O–H groups in total. The van der Waals surface area contributed by atoms with Crippen molar-refractivity contribution in [3.8, 4) is 0 Å². The van der Waals surface area contributed by atoms with E-state index in [4.69, 9.17) is 4.74 Å². The lowest BCUT2D eigenvalue weighted by Gasteiger charge is -2.26. The Hall–Kier alpha value is -1.88. The van der Waals surface area contributed by atoms with Crippen LogP contribution in [0.5, 0.6) is 0 Å². The van der Waals surface area contributed by atoms with Gasteiger partial charge in [-0.15, -0.1) is 0 Å². The molecule has 0 atom stereocenters. The predicted octanol–water partition coefficient (Wildman–Crippen LogP) is 1.88. The van der Waals surface area contributed by atoms with Crippen LogP contribution in [0.2, 0.25) is 0 Å². The third-order valence-corrected chi connectivity index (χ3v) is 3.44. The molecule has 0 unspecified atom stereocenters. The van der Waals surface area contributed by atoms with E-state index in [1.807, 2.05) is 26.0 Å². The molecule has 2 amide bonds. The number of morpholine rings is 1. The Bertz CT molecular complexity index is 502. The van der Waals surface area contributed by atoms with Gasteiger partial charge in [0, 0.05) is 31.6 Å². The second-order valence-corrected chi connectivity index (χ2v) is 5.42. The van der Waals surface area contributed by atoms with Gasteiger partial charge < -0.3 is 15.0 Å². The summed E-state index contributed by atoms with van der Waals surface area (Å²) >= 11 is 0. The van der Waals surface area contributed by atoms with Gasteiger partial charge in [-0.1, -0.05) is 6.07 Å². The Kier molecular flexibility index (Phi) is 5.33. The summed E-state index contributed by atoms with van der Waals surface area (Å²) in [5, 5.41) is 2.85. The number of anilines is 1. The predicted molar refractivity (Wildman–Crippen MR) is 81.2 cm³/mol. The van der Waals surface area contributed by atoms with E-state index in [-0.39, 0.29) is 24.7 Å². The highest BCUT2D eigenvalue weighted by molar-refractivity contribution is 5.93. The zero-order chi connectivity index (χ0) is 15.2. The van der Waals surface area contributed by atoms with Crippen LogP contribution in [0.1, 0.15) is 24.0 Å². The maximum atomic E-state index is 12.0. The van der Waals surface area contributed by atoms with E-state index in [1.165, 1.54) is 0 Å². The number of carbonyl (C=O) groups excluding carboxylic acids is 2. The van der Waals surface area contributed by atoms with E-state index >= 15 is 0 Å². The molecule has 1 aliphatic rings. The number of ether oxygens (including phenoxy) is 1. The van der Waals surface area contributed by atoms with Gasteiger partial charge in [0.15, 0.2) is 0 Å². The molecule has 1 aliphatic heterocycles. The van der Waals surface area contributed by atoms with Gasteiger partial charge >= 0.3 is 0 Å². The van der Waals surface area contributed by atoms with Crippen LogP contribution >= 0.6 is 0 Å². The third-order valence-electron chi connectivity index (χ3n) is 3.44. The Morgan fingerprint density at radius 3 is 2.33 bits per heavy atom. The monoisotopic (exact) mass is 290 g/mol. The fraction of sp³-hybridized carbons (Fsp3) is 0.500. The summed E-state index contributed by atoms with van der Waals surface area (Å²) in [7, 11) is 0. The van der Waals surface area contributed by atoms with Crippen LogP contribution in [0.25, 0.3) is 0 Å². The average molecular weight is 290 g/mol. The molecule has 0 aromatic heterocycles. The number of aryl methyl sites for hydroxylation is 2. The average Bonchev–Trinajstić information content (AvgIpc) is 2.44. The Labute approximate surface area is 125 Å². The molecule has 21 heavy (non-hydrogen) atoms. The first-order chi connectivity index (χ1) is 10.0. The number of hydrogen-bond donors (Lipinski definition) is 1. The quantitative estimate of drug-likeness (QED) is 0.921. The van der Waals surface area contributed by atoms with Crippen LogP contribution in [0.3, 0.4) is 0 Å². The van der Waals surface area contributed by atoms with E-state index in [0.29, 0.717) is 26.3 Å². The van der Waals surface area contributed by atoms with Gasteiger partial charge in [0.1, 0.15) is 0 Å². The van der Waals surface area contributed by atoms with Gasteiger partial charge in [0.25, 0.3) is 0 Å². The summed E-state index contributed by atoms with van der Waals surface area (Å²) in [6.07, 6.45) is 0.458. The van der Waals surface area contributed by atoms with Gasteiger partial charge in [0.05, 0.1) is 13.2 Å². The molecule has 114 valence electrons. The van der Waals surface area contributed by atoms with E-state index < -0.39 is 0 Å². The molecule has 0 saturated carbocycles. The van der Waals surface area contributed by atoms with Crippen molar-refractivity contribution in [1.29, 1.82) is 0 Å². The molecule has 0 radical (unpaired) electrons. The fourth-order valence-electron chi connectivity index (χ4n) is 2.46. The molecule has 1 saturated heterocycles. The van der Waals surface area contributed by atoms with Gasteiger partial charge in [-0.05, 0) is 37.1 Å².